The van der Waals surface area contributed by atoms with Gasteiger partial charge in [0.2, 0.25) is 21.8 Å². The molecule has 1 saturated carbocycles. The van der Waals surface area contributed by atoms with Gasteiger partial charge in [0.1, 0.15) is 18.3 Å². The second kappa shape index (κ2) is 12.3. The standard InChI is InChI=1S/C27H37N3O5S/c1-5-22-10-6-9-13-25(22)30(36(4,33)34)19-26(31)29(18-21-14-16-24(35-3)17-15-21)20(2)27(32)28-23-11-7-8-12-23/h6,9-10,13-17,20,23H,5,7-8,11-12,18-19H2,1-4H3,(H,28,32)/t20-/m0/s1. The van der Waals surface area contributed by atoms with Gasteiger partial charge in [0, 0.05) is 12.6 Å². The predicted molar refractivity (Wildman–Crippen MR) is 141 cm³/mol. The Morgan fingerprint density at radius 3 is 2.31 bits per heavy atom. The van der Waals surface area contributed by atoms with Crippen LogP contribution in [0.4, 0.5) is 5.69 Å². The van der Waals surface area contributed by atoms with Crippen molar-refractivity contribution in [1.29, 1.82) is 0 Å². The third kappa shape index (κ3) is 7.00. The lowest BCUT2D eigenvalue weighted by Crippen LogP contribution is -2.52. The van der Waals surface area contributed by atoms with Crippen LogP contribution in [0.25, 0.3) is 0 Å². The zero-order valence-corrected chi connectivity index (χ0v) is 22.4. The molecule has 1 fully saturated rings. The highest BCUT2D eigenvalue weighted by atomic mass is 32.2. The first-order valence-electron chi connectivity index (χ1n) is 12.4. The number of para-hydroxylation sites is 1. The number of hydrogen-bond donors (Lipinski definition) is 1. The summed E-state index contributed by atoms with van der Waals surface area (Å²) < 4.78 is 31.9. The molecular formula is C27H37N3O5S. The monoisotopic (exact) mass is 515 g/mol. The molecule has 0 radical (unpaired) electrons. The summed E-state index contributed by atoms with van der Waals surface area (Å²) >= 11 is 0. The van der Waals surface area contributed by atoms with Crippen LogP contribution in [0.3, 0.4) is 0 Å². The molecule has 9 heteroatoms. The number of aryl methyl sites for hydroxylation is 1. The molecule has 3 rings (SSSR count). The van der Waals surface area contributed by atoms with Crippen LogP contribution in [0, 0.1) is 0 Å². The molecule has 8 nitrogen and oxygen atoms in total. The van der Waals surface area contributed by atoms with Crippen LogP contribution in [0.1, 0.15) is 50.7 Å². The molecule has 0 heterocycles. The third-order valence-corrected chi connectivity index (χ3v) is 7.83. The third-order valence-electron chi connectivity index (χ3n) is 6.70. The van der Waals surface area contributed by atoms with Crippen molar-refractivity contribution in [1.82, 2.24) is 10.2 Å². The number of methoxy groups -OCH3 is 1. The van der Waals surface area contributed by atoms with Crippen molar-refractivity contribution in [2.45, 2.75) is 64.6 Å². The summed E-state index contributed by atoms with van der Waals surface area (Å²) in [6.45, 7) is 3.39. The molecule has 0 aromatic heterocycles. The summed E-state index contributed by atoms with van der Waals surface area (Å²) in [5, 5.41) is 3.07. The number of ether oxygens (including phenoxy) is 1. The van der Waals surface area contributed by atoms with Crippen LogP contribution in [0.2, 0.25) is 0 Å². The van der Waals surface area contributed by atoms with E-state index in [2.05, 4.69) is 5.32 Å². The number of carbonyl (C=O) groups excluding carboxylic acids is 2. The molecule has 1 atom stereocenters. The molecule has 0 unspecified atom stereocenters. The van der Waals surface area contributed by atoms with Gasteiger partial charge in [0.05, 0.1) is 19.1 Å². The van der Waals surface area contributed by atoms with E-state index in [1.54, 1.807) is 38.3 Å². The van der Waals surface area contributed by atoms with E-state index >= 15 is 0 Å². The first kappa shape index (κ1) is 27.5. The maximum Gasteiger partial charge on any atom is 0.244 e. The zero-order valence-electron chi connectivity index (χ0n) is 21.6. The van der Waals surface area contributed by atoms with Crippen molar-refractivity contribution < 1.29 is 22.7 Å². The molecule has 2 aromatic carbocycles. The van der Waals surface area contributed by atoms with Gasteiger partial charge in [-0.1, -0.05) is 50.1 Å². The largest absolute Gasteiger partial charge is 0.497 e. The SMILES string of the molecule is CCc1ccccc1N(CC(=O)N(Cc1ccc(OC)cc1)[C@@H](C)C(=O)NC1CCCC1)S(C)(=O)=O. The van der Waals surface area contributed by atoms with Crippen LogP contribution in [-0.2, 0) is 32.6 Å². The summed E-state index contributed by atoms with van der Waals surface area (Å²) in [6, 6.07) is 13.7. The highest BCUT2D eigenvalue weighted by Crippen LogP contribution is 2.24. The number of benzene rings is 2. The summed E-state index contributed by atoms with van der Waals surface area (Å²) in [4.78, 5) is 28.3. The van der Waals surface area contributed by atoms with E-state index in [9.17, 15) is 18.0 Å². The van der Waals surface area contributed by atoms with E-state index in [0.29, 0.717) is 17.9 Å². The van der Waals surface area contributed by atoms with Gasteiger partial charge >= 0.3 is 0 Å². The zero-order chi connectivity index (χ0) is 26.3. The molecule has 0 saturated heterocycles. The Morgan fingerprint density at radius 2 is 1.72 bits per heavy atom. The van der Waals surface area contributed by atoms with Crippen molar-refractivity contribution in [3.63, 3.8) is 0 Å². The lowest BCUT2D eigenvalue weighted by atomic mass is 10.1. The highest BCUT2D eigenvalue weighted by Gasteiger charge is 2.31. The van der Waals surface area contributed by atoms with Crippen molar-refractivity contribution in [3.8, 4) is 5.75 Å². The Kier molecular flexibility index (Phi) is 9.37. The number of nitrogens with one attached hydrogen (secondary N) is 1. The second-order valence-electron chi connectivity index (χ2n) is 9.29. The Bertz CT molecular complexity index is 1140. The summed E-state index contributed by atoms with van der Waals surface area (Å²) in [5.41, 5.74) is 2.11. The van der Waals surface area contributed by atoms with Gasteiger partial charge in [0.25, 0.3) is 0 Å². The number of anilines is 1. The van der Waals surface area contributed by atoms with Crippen LogP contribution in [-0.4, -0.2) is 57.1 Å². The Balaban J connectivity index is 1.90. The lowest BCUT2D eigenvalue weighted by molar-refractivity contribution is -0.139. The molecule has 0 spiro atoms. The number of carbonyl (C=O) groups is 2. The maximum atomic E-state index is 13.7. The molecule has 1 N–H and O–H groups in total. The van der Waals surface area contributed by atoms with Crippen LogP contribution >= 0.6 is 0 Å². The first-order valence-corrected chi connectivity index (χ1v) is 14.3. The average molecular weight is 516 g/mol. The number of rotatable bonds is 11. The van der Waals surface area contributed by atoms with Gasteiger partial charge in [-0.25, -0.2) is 8.42 Å². The van der Waals surface area contributed by atoms with E-state index in [1.807, 2.05) is 31.2 Å². The smallest absolute Gasteiger partial charge is 0.244 e. The molecule has 1 aliphatic carbocycles. The summed E-state index contributed by atoms with van der Waals surface area (Å²) in [7, 11) is -2.18. The number of nitrogens with zero attached hydrogens (tertiary/aromatic N) is 2. The van der Waals surface area contributed by atoms with Crippen LogP contribution in [0.15, 0.2) is 48.5 Å². The van der Waals surface area contributed by atoms with Crippen molar-refractivity contribution >= 4 is 27.5 Å². The van der Waals surface area contributed by atoms with Gasteiger partial charge in [-0.05, 0) is 55.5 Å². The van der Waals surface area contributed by atoms with E-state index in [0.717, 1.165) is 47.4 Å². The fourth-order valence-electron chi connectivity index (χ4n) is 4.55. The fourth-order valence-corrected chi connectivity index (χ4v) is 5.43. The average Bonchev–Trinajstić information content (AvgIpc) is 3.38. The molecule has 196 valence electrons. The molecule has 2 amide bonds. The van der Waals surface area contributed by atoms with E-state index < -0.39 is 28.5 Å². The predicted octanol–water partition coefficient (Wildman–Crippen LogP) is 3.50. The first-order chi connectivity index (χ1) is 17.1. The van der Waals surface area contributed by atoms with E-state index in [4.69, 9.17) is 4.74 Å². The fraction of sp³-hybridized carbons (Fsp3) is 0.481. The Morgan fingerprint density at radius 1 is 1.08 bits per heavy atom. The van der Waals surface area contributed by atoms with Crippen LogP contribution < -0.4 is 14.4 Å². The second-order valence-corrected chi connectivity index (χ2v) is 11.2. The van der Waals surface area contributed by atoms with E-state index in [-0.39, 0.29) is 18.5 Å². The van der Waals surface area contributed by atoms with Crippen molar-refractivity contribution in [3.05, 3.63) is 59.7 Å². The lowest BCUT2D eigenvalue weighted by Gasteiger charge is -2.32. The quantitative estimate of drug-likeness (QED) is 0.494. The molecule has 0 aliphatic heterocycles. The van der Waals surface area contributed by atoms with Gasteiger partial charge in [-0.2, -0.15) is 0 Å². The summed E-state index contributed by atoms with van der Waals surface area (Å²) in [5.74, 6) is 0.00271. The normalized spacial score (nSPS) is 14.8. The van der Waals surface area contributed by atoms with E-state index in [1.165, 1.54) is 4.90 Å². The van der Waals surface area contributed by atoms with Gasteiger partial charge in [0.15, 0.2) is 0 Å². The minimum atomic E-state index is -3.76. The molecule has 36 heavy (non-hydrogen) atoms. The minimum absolute atomic E-state index is 0.113. The molecule has 0 bridgehead atoms. The van der Waals surface area contributed by atoms with Crippen molar-refractivity contribution in [2.75, 3.05) is 24.2 Å². The van der Waals surface area contributed by atoms with Crippen LogP contribution in [0.5, 0.6) is 5.75 Å². The maximum absolute atomic E-state index is 13.7. The van der Waals surface area contributed by atoms with Gasteiger partial charge in [-0.3, -0.25) is 13.9 Å². The number of amides is 2. The Labute approximate surface area is 214 Å². The molecule has 2 aromatic rings. The molecular weight excluding hydrogens is 478 g/mol. The van der Waals surface area contributed by atoms with Crippen molar-refractivity contribution in [2.24, 2.45) is 0 Å². The minimum Gasteiger partial charge on any atom is -0.497 e. The molecule has 1 aliphatic rings. The highest BCUT2D eigenvalue weighted by molar-refractivity contribution is 7.92. The Hall–Kier alpha value is -3.07. The van der Waals surface area contributed by atoms with Gasteiger partial charge < -0.3 is 15.0 Å². The summed E-state index contributed by atoms with van der Waals surface area (Å²) in [6.07, 6.45) is 5.73. The number of sulfonamides is 1. The van der Waals surface area contributed by atoms with Gasteiger partial charge in [-0.15, -0.1) is 0 Å². The number of hydrogen-bond acceptors (Lipinski definition) is 5. The topological polar surface area (TPSA) is 96.0 Å².